The first-order valence-electron chi connectivity index (χ1n) is 7.95. The minimum atomic E-state index is -1.34. The minimum absolute atomic E-state index is 0.100. The molecule has 0 saturated heterocycles. The molecule has 28 heavy (non-hydrogen) atoms. The molecule has 1 heterocycles. The van der Waals surface area contributed by atoms with Crippen LogP contribution in [0.5, 0.6) is 35.0 Å². The standard InChI is InChI=1S/C19H15FN2O6/c1-25-15-10-16(26-2)22-19(21-15)28-14-9-5-8-13(17(14)18(23)24)27-12-7-4-3-6-11(12)20/h3-10H,1-2H3,(H,23,24). The zero-order valence-electron chi connectivity index (χ0n) is 14.9. The van der Waals surface area contributed by atoms with E-state index in [4.69, 9.17) is 18.9 Å². The highest BCUT2D eigenvalue weighted by molar-refractivity contribution is 5.94. The van der Waals surface area contributed by atoms with Gasteiger partial charge >= 0.3 is 12.0 Å². The Morgan fingerprint density at radius 2 is 1.46 bits per heavy atom. The molecule has 0 amide bonds. The van der Waals surface area contributed by atoms with Gasteiger partial charge in [0.25, 0.3) is 0 Å². The third kappa shape index (κ3) is 4.09. The second kappa shape index (κ2) is 8.21. The Morgan fingerprint density at radius 1 is 0.893 bits per heavy atom. The Bertz CT molecular complexity index is 989. The fourth-order valence-electron chi connectivity index (χ4n) is 2.27. The molecule has 0 bridgehead atoms. The lowest BCUT2D eigenvalue weighted by molar-refractivity contribution is 0.0691. The van der Waals surface area contributed by atoms with Crippen molar-refractivity contribution in [1.29, 1.82) is 0 Å². The number of carboxylic acids is 1. The van der Waals surface area contributed by atoms with Crippen molar-refractivity contribution in [2.45, 2.75) is 0 Å². The number of aromatic nitrogens is 2. The molecule has 144 valence electrons. The molecule has 0 unspecified atom stereocenters. The molecule has 0 radical (unpaired) electrons. The number of benzene rings is 2. The first-order valence-corrected chi connectivity index (χ1v) is 7.95. The second-order valence-electron chi connectivity index (χ2n) is 5.30. The highest BCUT2D eigenvalue weighted by Crippen LogP contribution is 2.35. The fourth-order valence-corrected chi connectivity index (χ4v) is 2.27. The van der Waals surface area contributed by atoms with Crippen LogP contribution in [0.1, 0.15) is 10.4 Å². The average Bonchev–Trinajstić information content (AvgIpc) is 2.69. The lowest BCUT2D eigenvalue weighted by Crippen LogP contribution is -2.05. The third-order valence-electron chi connectivity index (χ3n) is 3.54. The summed E-state index contributed by atoms with van der Waals surface area (Å²) in [4.78, 5) is 19.8. The molecule has 3 aromatic rings. The topological polar surface area (TPSA) is 100 Å². The van der Waals surface area contributed by atoms with Crippen molar-refractivity contribution in [2.24, 2.45) is 0 Å². The van der Waals surface area contributed by atoms with Gasteiger partial charge in [-0.05, 0) is 24.3 Å². The van der Waals surface area contributed by atoms with E-state index in [-0.39, 0.29) is 40.6 Å². The highest BCUT2D eigenvalue weighted by Gasteiger charge is 2.21. The van der Waals surface area contributed by atoms with Crippen molar-refractivity contribution < 1.29 is 33.2 Å². The zero-order valence-corrected chi connectivity index (χ0v) is 14.9. The van der Waals surface area contributed by atoms with Gasteiger partial charge in [-0.25, -0.2) is 9.18 Å². The maximum atomic E-state index is 13.9. The van der Waals surface area contributed by atoms with Gasteiger partial charge in [-0.3, -0.25) is 0 Å². The van der Waals surface area contributed by atoms with Gasteiger partial charge < -0.3 is 24.1 Å². The van der Waals surface area contributed by atoms with Crippen LogP contribution in [-0.4, -0.2) is 35.3 Å². The number of aromatic carboxylic acids is 1. The van der Waals surface area contributed by atoms with E-state index in [1.807, 2.05) is 0 Å². The van der Waals surface area contributed by atoms with Gasteiger partial charge in [0.1, 0.15) is 17.1 Å². The molecule has 8 nitrogen and oxygen atoms in total. The molecule has 2 aromatic carbocycles. The number of carboxylic acid groups (broad SMARTS) is 1. The van der Waals surface area contributed by atoms with E-state index in [1.165, 1.54) is 56.7 Å². The molecule has 1 aromatic heterocycles. The predicted molar refractivity (Wildman–Crippen MR) is 95.1 cm³/mol. The molecule has 9 heteroatoms. The van der Waals surface area contributed by atoms with E-state index >= 15 is 0 Å². The number of para-hydroxylation sites is 1. The van der Waals surface area contributed by atoms with E-state index in [1.54, 1.807) is 6.07 Å². The summed E-state index contributed by atoms with van der Waals surface area (Å²) in [7, 11) is 2.80. The molecule has 0 spiro atoms. The monoisotopic (exact) mass is 386 g/mol. The summed E-state index contributed by atoms with van der Waals surface area (Å²) in [6.07, 6.45) is 0. The Morgan fingerprint density at radius 3 is 2.04 bits per heavy atom. The summed E-state index contributed by atoms with van der Waals surface area (Å²) in [5, 5.41) is 9.63. The first kappa shape index (κ1) is 18.9. The predicted octanol–water partition coefficient (Wildman–Crippen LogP) is 3.92. The molecule has 0 fully saturated rings. The molecule has 3 rings (SSSR count). The van der Waals surface area contributed by atoms with Crippen LogP contribution in [0.25, 0.3) is 0 Å². The molecule has 0 aliphatic carbocycles. The molecule has 0 saturated carbocycles. The smallest absolute Gasteiger partial charge is 0.343 e. The lowest BCUT2D eigenvalue weighted by Gasteiger charge is -2.13. The Kier molecular flexibility index (Phi) is 5.54. The Labute approximate surface area is 159 Å². The van der Waals surface area contributed by atoms with E-state index in [9.17, 15) is 14.3 Å². The maximum Gasteiger partial charge on any atom is 0.343 e. The molecule has 0 aliphatic rings. The SMILES string of the molecule is COc1cc(OC)nc(Oc2cccc(Oc3ccccc3F)c2C(=O)O)n1. The van der Waals surface area contributed by atoms with Crippen LogP contribution in [0.15, 0.2) is 48.5 Å². The maximum absolute atomic E-state index is 13.9. The summed E-state index contributed by atoms with van der Waals surface area (Å²) in [6, 6.07) is 11.2. The van der Waals surface area contributed by atoms with Crippen molar-refractivity contribution >= 4 is 5.97 Å². The number of ether oxygens (including phenoxy) is 4. The van der Waals surface area contributed by atoms with Gasteiger partial charge in [-0.15, -0.1) is 0 Å². The number of methoxy groups -OCH3 is 2. The first-order chi connectivity index (χ1) is 13.5. The zero-order chi connectivity index (χ0) is 20.1. The summed E-state index contributed by atoms with van der Waals surface area (Å²) >= 11 is 0. The minimum Gasteiger partial charge on any atom is -0.481 e. The van der Waals surface area contributed by atoms with Crippen LogP contribution in [0.2, 0.25) is 0 Å². The number of rotatable bonds is 7. The van der Waals surface area contributed by atoms with E-state index in [0.29, 0.717) is 0 Å². The van der Waals surface area contributed by atoms with E-state index in [0.717, 1.165) is 0 Å². The summed E-state index contributed by atoms with van der Waals surface area (Å²) in [5.74, 6) is -1.97. The van der Waals surface area contributed by atoms with E-state index in [2.05, 4.69) is 9.97 Å². The molecule has 0 aliphatic heterocycles. The van der Waals surface area contributed by atoms with Crippen LogP contribution in [0.3, 0.4) is 0 Å². The molecule has 0 atom stereocenters. The van der Waals surface area contributed by atoms with Gasteiger partial charge in [-0.2, -0.15) is 9.97 Å². The van der Waals surface area contributed by atoms with Crippen molar-refractivity contribution in [3.8, 4) is 35.0 Å². The summed E-state index contributed by atoms with van der Waals surface area (Å²) in [5.41, 5.74) is -0.323. The van der Waals surface area contributed by atoms with Gasteiger partial charge in [-0.1, -0.05) is 18.2 Å². The Balaban J connectivity index is 2.00. The van der Waals surface area contributed by atoms with Gasteiger partial charge in [0.05, 0.1) is 20.3 Å². The molecular weight excluding hydrogens is 371 g/mol. The van der Waals surface area contributed by atoms with Crippen molar-refractivity contribution in [2.75, 3.05) is 14.2 Å². The highest BCUT2D eigenvalue weighted by atomic mass is 19.1. The fraction of sp³-hybridized carbons (Fsp3) is 0.105. The quantitative estimate of drug-likeness (QED) is 0.652. The number of halogens is 1. The molecular formula is C19H15FN2O6. The van der Waals surface area contributed by atoms with Crippen LogP contribution in [0.4, 0.5) is 4.39 Å². The van der Waals surface area contributed by atoms with Crippen LogP contribution in [-0.2, 0) is 0 Å². The van der Waals surface area contributed by atoms with Crippen LogP contribution >= 0.6 is 0 Å². The van der Waals surface area contributed by atoms with E-state index < -0.39 is 11.8 Å². The number of hydrogen-bond acceptors (Lipinski definition) is 7. The number of carbonyl (C=O) groups is 1. The third-order valence-corrected chi connectivity index (χ3v) is 3.54. The summed E-state index contributed by atoms with van der Waals surface area (Å²) < 4.78 is 34.9. The van der Waals surface area contributed by atoms with Crippen molar-refractivity contribution in [3.63, 3.8) is 0 Å². The van der Waals surface area contributed by atoms with Crippen molar-refractivity contribution in [3.05, 3.63) is 59.9 Å². The van der Waals surface area contributed by atoms with Gasteiger partial charge in [0.2, 0.25) is 11.8 Å². The second-order valence-corrected chi connectivity index (χ2v) is 5.30. The lowest BCUT2D eigenvalue weighted by atomic mass is 10.1. The number of hydrogen-bond donors (Lipinski definition) is 1. The van der Waals surface area contributed by atoms with Crippen LogP contribution in [0, 0.1) is 5.82 Å². The number of nitrogens with zero attached hydrogens (tertiary/aromatic N) is 2. The van der Waals surface area contributed by atoms with Gasteiger partial charge in [0.15, 0.2) is 11.6 Å². The largest absolute Gasteiger partial charge is 0.481 e. The summed E-state index contributed by atoms with van der Waals surface area (Å²) in [6.45, 7) is 0. The Hall–Kier alpha value is -3.88. The molecule has 1 N–H and O–H groups in total. The van der Waals surface area contributed by atoms with Gasteiger partial charge in [0, 0.05) is 0 Å². The van der Waals surface area contributed by atoms with Crippen molar-refractivity contribution in [1.82, 2.24) is 9.97 Å². The average molecular weight is 386 g/mol. The van der Waals surface area contributed by atoms with Crippen LogP contribution < -0.4 is 18.9 Å². The normalized spacial score (nSPS) is 10.2.